The Morgan fingerprint density at radius 1 is 1.46 bits per heavy atom. The molecule has 24 heavy (non-hydrogen) atoms. The van der Waals surface area contributed by atoms with Crippen molar-refractivity contribution in [3.05, 3.63) is 12.3 Å². The van der Waals surface area contributed by atoms with E-state index in [0.717, 1.165) is 7.11 Å². The lowest BCUT2D eigenvalue weighted by molar-refractivity contribution is -0.169. The van der Waals surface area contributed by atoms with Crippen LogP contribution in [0.2, 0.25) is 0 Å². The monoisotopic (exact) mass is 362 g/mol. The molecule has 10 heteroatoms. The molecule has 3 rings (SSSR count). The molecule has 2 heterocycles. The van der Waals surface area contributed by atoms with Crippen LogP contribution in [0.1, 0.15) is 20.3 Å². The van der Waals surface area contributed by atoms with Crippen molar-refractivity contribution < 1.29 is 33.0 Å². The van der Waals surface area contributed by atoms with Crippen molar-refractivity contribution in [3.63, 3.8) is 0 Å². The quantitative estimate of drug-likeness (QED) is 0.703. The summed E-state index contributed by atoms with van der Waals surface area (Å²) in [4.78, 5) is 23.2. The third-order valence-electron chi connectivity index (χ3n) is 4.35. The first-order valence-electron chi connectivity index (χ1n) is 7.80. The molecule has 2 fully saturated rings. The highest BCUT2D eigenvalue weighted by Crippen LogP contribution is 2.45. The molecule has 2 aliphatic heterocycles. The van der Waals surface area contributed by atoms with Crippen molar-refractivity contribution in [1.29, 1.82) is 0 Å². The Morgan fingerprint density at radius 2 is 2.17 bits per heavy atom. The van der Waals surface area contributed by atoms with Crippen LogP contribution < -0.4 is 5.32 Å². The second kappa shape index (κ2) is 6.40. The van der Waals surface area contributed by atoms with Crippen LogP contribution in [0.5, 0.6) is 0 Å². The summed E-state index contributed by atoms with van der Waals surface area (Å²) >= 11 is 0. The minimum atomic E-state index is -3.78. The molecule has 1 saturated carbocycles. The fourth-order valence-electron chi connectivity index (χ4n) is 3.32. The fourth-order valence-corrected chi connectivity index (χ4v) is 3.80. The van der Waals surface area contributed by atoms with Crippen LogP contribution >= 0.6 is 7.60 Å². The van der Waals surface area contributed by atoms with Crippen LogP contribution in [0.15, 0.2) is 12.3 Å². The number of hydrogen-bond acceptors (Lipinski definition) is 6. The minimum absolute atomic E-state index is 0.208. The largest absolute Gasteiger partial charge is 0.363 e. The highest BCUT2D eigenvalue weighted by atomic mass is 31.2. The first-order chi connectivity index (χ1) is 11.2. The van der Waals surface area contributed by atoms with Crippen LogP contribution in [-0.2, 0) is 23.3 Å². The highest BCUT2D eigenvalue weighted by Gasteiger charge is 2.57. The number of hydrogen-bond donors (Lipinski definition) is 2. The molecule has 1 aliphatic carbocycles. The van der Waals surface area contributed by atoms with Crippen LogP contribution in [0.4, 0.5) is 4.79 Å². The molecule has 5 atom stereocenters. The van der Waals surface area contributed by atoms with Crippen molar-refractivity contribution in [2.45, 2.75) is 50.4 Å². The molecular weight excluding hydrogens is 339 g/mol. The normalized spacial score (nSPS) is 37.2. The summed E-state index contributed by atoms with van der Waals surface area (Å²) < 4.78 is 33.6. The van der Waals surface area contributed by atoms with Gasteiger partial charge in [-0.2, -0.15) is 0 Å². The number of amides is 2. The van der Waals surface area contributed by atoms with Crippen molar-refractivity contribution in [2.24, 2.45) is 0 Å². The zero-order valence-corrected chi connectivity index (χ0v) is 14.8. The van der Waals surface area contributed by atoms with Gasteiger partial charge in [0.2, 0.25) is 0 Å². The molecule has 0 bridgehead atoms. The van der Waals surface area contributed by atoms with E-state index >= 15 is 0 Å². The van der Waals surface area contributed by atoms with E-state index in [4.69, 9.17) is 14.2 Å². The molecule has 9 nitrogen and oxygen atoms in total. The van der Waals surface area contributed by atoms with Crippen molar-refractivity contribution in [2.75, 3.05) is 20.0 Å². The standard InChI is InChI=1S/C14H23N2O7P/c1-14(2)22-11-9(16-6-4-5-15-13(16)17)7-10(12(11)23-14)21-8-24(18,19)20-3/h4,6,9-12H,5,7-8H2,1-3H3,(H,15,17)(H,18,19)/t9-,10+,11?,12?/m1/s1. The van der Waals surface area contributed by atoms with E-state index in [-0.39, 0.29) is 18.2 Å². The number of carbonyl (C=O) groups is 1. The van der Waals surface area contributed by atoms with E-state index in [2.05, 4.69) is 9.84 Å². The maximum Gasteiger partial charge on any atom is 0.353 e. The van der Waals surface area contributed by atoms with Gasteiger partial charge in [-0.25, -0.2) is 4.79 Å². The average Bonchev–Trinajstić information content (AvgIpc) is 2.99. The van der Waals surface area contributed by atoms with Gasteiger partial charge < -0.3 is 28.9 Å². The lowest BCUT2D eigenvalue weighted by Crippen LogP contribution is -2.49. The summed E-state index contributed by atoms with van der Waals surface area (Å²) in [5, 5.41) is 2.75. The first-order valence-corrected chi connectivity index (χ1v) is 9.56. The summed E-state index contributed by atoms with van der Waals surface area (Å²) in [6.07, 6.45) is 2.30. The van der Waals surface area contributed by atoms with Crippen LogP contribution in [0.25, 0.3) is 0 Å². The maximum atomic E-state index is 12.1. The summed E-state index contributed by atoms with van der Waals surface area (Å²) in [6.45, 7) is 4.07. The van der Waals surface area contributed by atoms with E-state index in [9.17, 15) is 14.3 Å². The molecule has 3 unspecified atom stereocenters. The Bertz CT molecular complexity index is 581. The lowest BCUT2D eigenvalue weighted by atomic mass is 10.1. The Kier molecular flexibility index (Phi) is 4.76. The van der Waals surface area contributed by atoms with Gasteiger partial charge in [0.25, 0.3) is 0 Å². The molecule has 0 radical (unpaired) electrons. The highest BCUT2D eigenvalue weighted by molar-refractivity contribution is 7.52. The molecule has 136 valence electrons. The molecule has 0 aromatic carbocycles. The molecule has 3 aliphatic rings. The maximum absolute atomic E-state index is 12.1. The third kappa shape index (κ3) is 3.51. The zero-order chi connectivity index (χ0) is 17.5. The van der Waals surface area contributed by atoms with E-state index in [0.29, 0.717) is 13.0 Å². The number of fused-ring (bicyclic) bond motifs is 1. The molecule has 2 amide bonds. The average molecular weight is 362 g/mol. The van der Waals surface area contributed by atoms with E-state index in [1.165, 1.54) is 0 Å². The van der Waals surface area contributed by atoms with Crippen molar-refractivity contribution in [1.82, 2.24) is 10.2 Å². The fraction of sp³-hybridized carbons (Fsp3) is 0.786. The molecular formula is C14H23N2O7P. The molecule has 2 N–H and O–H groups in total. The zero-order valence-electron chi connectivity index (χ0n) is 13.9. The van der Waals surface area contributed by atoms with Gasteiger partial charge in [-0.15, -0.1) is 0 Å². The lowest BCUT2D eigenvalue weighted by Gasteiger charge is -2.32. The van der Waals surface area contributed by atoms with Gasteiger partial charge in [-0.1, -0.05) is 0 Å². The molecule has 1 saturated heterocycles. The summed E-state index contributed by atoms with van der Waals surface area (Å²) in [5.41, 5.74) is 0. The van der Waals surface area contributed by atoms with Gasteiger partial charge >= 0.3 is 13.6 Å². The molecule has 0 aromatic rings. The smallest absolute Gasteiger partial charge is 0.353 e. The minimum Gasteiger partial charge on any atom is -0.363 e. The van der Waals surface area contributed by atoms with Crippen LogP contribution in [0.3, 0.4) is 0 Å². The summed E-state index contributed by atoms with van der Waals surface area (Å²) in [7, 11) is -2.63. The van der Waals surface area contributed by atoms with Gasteiger partial charge in [0.05, 0.1) is 12.1 Å². The Labute approximate surface area is 140 Å². The van der Waals surface area contributed by atoms with E-state index in [1.54, 1.807) is 24.9 Å². The topological polar surface area (TPSA) is 107 Å². The number of ether oxygens (including phenoxy) is 3. The van der Waals surface area contributed by atoms with Gasteiger partial charge in [-0.05, 0) is 26.3 Å². The number of nitrogens with one attached hydrogen (secondary N) is 1. The van der Waals surface area contributed by atoms with Crippen molar-refractivity contribution >= 4 is 13.6 Å². The number of nitrogens with zero attached hydrogens (tertiary/aromatic N) is 1. The third-order valence-corrected chi connectivity index (χ3v) is 5.39. The van der Waals surface area contributed by atoms with Crippen LogP contribution in [-0.4, -0.2) is 66.0 Å². The number of rotatable bonds is 5. The van der Waals surface area contributed by atoms with Gasteiger partial charge in [0, 0.05) is 19.9 Å². The first kappa shape index (κ1) is 17.8. The van der Waals surface area contributed by atoms with E-state index in [1.807, 2.05) is 6.08 Å². The Balaban J connectivity index is 1.77. The van der Waals surface area contributed by atoms with Gasteiger partial charge in [-0.3, -0.25) is 9.46 Å². The van der Waals surface area contributed by atoms with Gasteiger partial charge in [0.1, 0.15) is 18.6 Å². The number of urea groups is 1. The van der Waals surface area contributed by atoms with E-state index < -0.39 is 31.9 Å². The van der Waals surface area contributed by atoms with Gasteiger partial charge in [0.15, 0.2) is 5.79 Å². The predicted octanol–water partition coefficient (Wildman–Crippen LogP) is 0.992. The summed E-state index contributed by atoms with van der Waals surface area (Å²) in [6, 6.07) is -0.487. The van der Waals surface area contributed by atoms with Crippen LogP contribution in [0, 0.1) is 0 Å². The van der Waals surface area contributed by atoms with Crippen molar-refractivity contribution in [3.8, 4) is 0 Å². The second-order valence-electron chi connectivity index (χ2n) is 6.50. The summed E-state index contributed by atoms with van der Waals surface area (Å²) in [5.74, 6) is -0.810. The molecule has 0 aromatic heterocycles. The Hall–Kier alpha value is -0.960. The Morgan fingerprint density at radius 3 is 2.83 bits per heavy atom. The number of carbonyl (C=O) groups excluding carboxylic acids is 1. The SMILES string of the molecule is COP(=O)(O)CO[C@H]1C[C@@H](N2C=CCNC2=O)C2OC(C)(C)OC21. The molecule has 0 spiro atoms. The second-order valence-corrected chi connectivity index (χ2v) is 8.40. The predicted molar refractivity (Wildman–Crippen MR) is 83.2 cm³/mol.